The van der Waals surface area contributed by atoms with E-state index >= 15 is 0 Å². The summed E-state index contributed by atoms with van der Waals surface area (Å²) in [6, 6.07) is 0. The highest BCUT2D eigenvalue weighted by atomic mass is 16.2. The number of hydrogen-bond donors (Lipinski definition) is 1. The van der Waals surface area contributed by atoms with Gasteiger partial charge in [-0.05, 0) is 17.8 Å². The first-order valence-corrected chi connectivity index (χ1v) is 5.42. The van der Waals surface area contributed by atoms with Gasteiger partial charge in [-0.2, -0.15) is 0 Å². The van der Waals surface area contributed by atoms with E-state index in [1.54, 1.807) is 0 Å². The maximum Gasteiger partial charge on any atom is 0.273 e. The molecule has 0 radical (unpaired) electrons. The molecule has 2 aliphatic rings. The number of H-pyrrole nitrogens is 1. The Hall–Kier alpha value is -1.65. The van der Waals surface area contributed by atoms with E-state index in [1.165, 1.54) is 12.6 Å². The first-order chi connectivity index (χ1) is 7.58. The molecule has 1 amide bonds. The van der Waals surface area contributed by atoms with Crippen molar-refractivity contribution in [3.8, 4) is 0 Å². The molecule has 1 aromatic rings. The molecular weight excluding hydrogens is 206 g/mol. The van der Waals surface area contributed by atoms with Crippen molar-refractivity contribution in [2.75, 3.05) is 13.1 Å². The molecular formula is C11H13N3O2. The lowest BCUT2D eigenvalue weighted by atomic mass is 10.1. The highest BCUT2D eigenvalue weighted by molar-refractivity contribution is 5.92. The number of carbonyl (C=O) groups excluding carboxylic acids is 1. The van der Waals surface area contributed by atoms with Gasteiger partial charge in [-0.1, -0.05) is 6.92 Å². The van der Waals surface area contributed by atoms with Crippen molar-refractivity contribution in [1.29, 1.82) is 0 Å². The van der Waals surface area contributed by atoms with E-state index in [1.807, 2.05) is 4.90 Å². The molecule has 0 aromatic carbocycles. The summed E-state index contributed by atoms with van der Waals surface area (Å²) in [5.41, 5.74) is 0.384. The Bertz CT molecular complexity index is 490. The van der Waals surface area contributed by atoms with Gasteiger partial charge in [0.2, 0.25) is 0 Å². The molecule has 2 heterocycles. The summed E-state index contributed by atoms with van der Waals surface area (Å²) in [5.74, 6) is 0.587. The summed E-state index contributed by atoms with van der Waals surface area (Å²) in [6.07, 6.45) is 3.76. The summed E-state index contributed by atoms with van der Waals surface area (Å²) < 4.78 is 0. The molecule has 1 N–H and O–H groups in total. The predicted molar refractivity (Wildman–Crippen MR) is 57.0 cm³/mol. The van der Waals surface area contributed by atoms with Crippen LogP contribution < -0.4 is 5.56 Å². The van der Waals surface area contributed by atoms with Crippen molar-refractivity contribution in [1.82, 2.24) is 14.9 Å². The summed E-state index contributed by atoms with van der Waals surface area (Å²) in [6.45, 7) is 3.86. The average Bonchev–Trinajstić information content (AvgIpc) is 2.77. The van der Waals surface area contributed by atoms with Crippen LogP contribution in [0, 0.1) is 11.3 Å². The van der Waals surface area contributed by atoms with Crippen LogP contribution in [-0.4, -0.2) is 33.9 Å². The van der Waals surface area contributed by atoms with Gasteiger partial charge in [0.15, 0.2) is 0 Å². The van der Waals surface area contributed by atoms with Crippen molar-refractivity contribution in [3.63, 3.8) is 0 Å². The van der Waals surface area contributed by atoms with Gasteiger partial charge in [0.1, 0.15) is 5.69 Å². The zero-order valence-electron chi connectivity index (χ0n) is 9.06. The molecule has 1 aliphatic carbocycles. The molecule has 2 fully saturated rings. The minimum Gasteiger partial charge on any atom is -0.336 e. The molecule has 1 aromatic heterocycles. The fraction of sp³-hybridized carbons (Fsp3) is 0.545. The number of hydrogen-bond acceptors (Lipinski definition) is 3. The quantitative estimate of drug-likeness (QED) is 0.736. The molecule has 5 nitrogen and oxygen atoms in total. The van der Waals surface area contributed by atoms with Crippen LogP contribution in [-0.2, 0) is 0 Å². The topological polar surface area (TPSA) is 66.1 Å². The first kappa shape index (κ1) is 9.57. The van der Waals surface area contributed by atoms with Crippen LogP contribution in [0.25, 0.3) is 0 Å². The van der Waals surface area contributed by atoms with Crippen LogP contribution in [0.4, 0.5) is 0 Å². The van der Waals surface area contributed by atoms with Gasteiger partial charge >= 0.3 is 0 Å². The van der Waals surface area contributed by atoms with E-state index in [4.69, 9.17) is 0 Å². The molecule has 2 atom stereocenters. The number of nitrogens with one attached hydrogen (secondary N) is 1. The van der Waals surface area contributed by atoms with Gasteiger partial charge in [-0.3, -0.25) is 9.59 Å². The molecule has 84 valence electrons. The second-order valence-corrected chi connectivity index (χ2v) is 5.04. The van der Waals surface area contributed by atoms with Crippen molar-refractivity contribution >= 4 is 5.91 Å². The van der Waals surface area contributed by atoms with Crippen molar-refractivity contribution < 1.29 is 4.79 Å². The highest BCUT2D eigenvalue weighted by Crippen LogP contribution is 2.57. The van der Waals surface area contributed by atoms with Gasteiger partial charge in [0, 0.05) is 19.3 Å². The van der Waals surface area contributed by atoms with Crippen LogP contribution in [0.5, 0.6) is 0 Å². The third kappa shape index (κ3) is 1.35. The van der Waals surface area contributed by atoms with E-state index < -0.39 is 0 Å². The monoisotopic (exact) mass is 219 g/mol. The lowest BCUT2D eigenvalue weighted by molar-refractivity contribution is 0.0760. The number of nitrogens with zero attached hydrogens (tertiary/aromatic N) is 2. The number of piperidine rings is 1. The van der Waals surface area contributed by atoms with Crippen LogP contribution in [0.15, 0.2) is 17.2 Å². The minimum absolute atomic E-state index is 0.0790. The molecule has 0 spiro atoms. The Morgan fingerprint density at radius 2 is 2.50 bits per heavy atom. The number of aromatic nitrogens is 2. The molecule has 1 saturated heterocycles. The third-order valence-electron chi connectivity index (χ3n) is 3.71. The zero-order chi connectivity index (χ0) is 11.3. The molecule has 1 saturated carbocycles. The maximum atomic E-state index is 12.0. The number of fused-ring (bicyclic) bond motifs is 1. The number of likely N-dealkylation sites (tertiary alicyclic amines) is 1. The molecule has 2 unspecified atom stereocenters. The largest absolute Gasteiger partial charge is 0.336 e. The van der Waals surface area contributed by atoms with E-state index in [0.717, 1.165) is 19.3 Å². The Morgan fingerprint density at radius 1 is 1.69 bits per heavy atom. The number of carbonyl (C=O) groups is 1. The number of aromatic amines is 1. The lowest BCUT2D eigenvalue weighted by Gasteiger charge is -2.18. The second kappa shape index (κ2) is 2.93. The van der Waals surface area contributed by atoms with Gasteiger partial charge < -0.3 is 9.88 Å². The van der Waals surface area contributed by atoms with Gasteiger partial charge in [0.05, 0.1) is 6.20 Å². The Balaban J connectivity index is 1.79. The lowest BCUT2D eigenvalue weighted by Crippen LogP contribution is -2.32. The van der Waals surface area contributed by atoms with Gasteiger partial charge in [-0.15, -0.1) is 0 Å². The fourth-order valence-corrected chi connectivity index (χ4v) is 2.53. The van der Waals surface area contributed by atoms with Crippen molar-refractivity contribution in [2.45, 2.75) is 13.3 Å². The Morgan fingerprint density at radius 3 is 3.06 bits per heavy atom. The average molecular weight is 219 g/mol. The zero-order valence-corrected chi connectivity index (χ0v) is 9.06. The van der Waals surface area contributed by atoms with Crippen LogP contribution in [0.3, 0.4) is 0 Å². The van der Waals surface area contributed by atoms with Crippen LogP contribution in [0.1, 0.15) is 23.8 Å². The van der Waals surface area contributed by atoms with Crippen LogP contribution >= 0.6 is 0 Å². The van der Waals surface area contributed by atoms with E-state index in [0.29, 0.717) is 17.0 Å². The molecule has 3 rings (SSSR count). The SMILES string of the molecule is CC12CC1CN(C(=O)c1c[nH]c(=O)cn1)C2. The summed E-state index contributed by atoms with van der Waals surface area (Å²) in [4.78, 5) is 31.0. The molecule has 0 bridgehead atoms. The molecule has 16 heavy (non-hydrogen) atoms. The smallest absolute Gasteiger partial charge is 0.273 e. The van der Waals surface area contributed by atoms with Gasteiger partial charge in [-0.25, -0.2) is 4.98 Å². The summed E-state index contributed by atoms with van der Waals surface area (Å²) >= 11 is 0. The van der Waals surface area contributed by atoms with E-state index in [9.17, 15) is 9.59 Å². The van der Waals surface area contributed by atoms with E-state index in [2.05, 4.69) is 16.9 Å². The highest BCUT2D eigenvalue weighted by Gasteiger charge is 2.57. The number of amides is 1. The van der Waals surface area contributed by atoms with Crippen molar-refractivity contribution in [3.05, 3.63) is 28.4 Å². The van der Waals surface area contributed by atoms with Crippen LogP contribution in [0.2, 0.25) is 0 Å². The summed E-state index contributed by atoms with van der Waals surface area (Å²) in [5, 5.41) is 0. The fourth-order valence-electron chi connectivity index (χ4n) is 2.53. The van der Waals surface area contributed by atoms with Crippen molar-refractivity contribution in [2.24, 2.45) is 11.3 Å². The Labute approximate surface area is 92.5 Å². The summed E-state index contributed by atoms with van der Waals surface area (Å²) in [7, 11) is 0. The number of rotatable bonds is 1. The third-order valence-corrected chi connectivity index (χ3v) is 3.71. The first-order valence-electron chi connectivity index (χ1n) is 5.42. The maximum absolute atomic E-state index is 12.0. The predicted octanol–water partition coefficient (Wildman–Crippen LogP) is 0.252. The molecule has 1 aliphatic heterocycles. The standard InChI is InChI=1S/C11H13N3O2/c1-11-2-7(11)5-14(6-11)10(16)8-3-13-9(15)4-12-8/h3-4,7H,2,5-6H2,1H3,(H,13,15). The second-order valence-electron chi connectivity index (χ2n) is 5.04. The Kier molecular flexibility index (Phi) is 1.75. The minimum atomic E-state index is -0.284. The van der Waals surface area contributed by atoms with E-state index in [-0.39, 0.29) is 11.5 Å². The molecule has 5 heteroatoms. The normalized spacial score (nSPS) is 31.3. The van der Waals surface area contributed by atoms with Gasteiger partial charge in [0.25, 0.3) is 11.5 Å².